The molecule has 380 valence electrons. The van der Waals surface area contributed by atoms with Gasteiger partial charge >= 0.3 is 0 Å². The van der Waals surface area contributed by atoms with Crippen LogP contribution in [0.15, 0.2) is 36.4 Å². The van der Waals surface area contributed by atoms with E-state index in [-0.39, 0.29) is 72.2 Å². The highest BCUT2D eigenvalue weighted by atomic mass is 16.3. The fraction of sp³-hybridized carbons (Fsp3) is 0.500. The molecular weight excluding hydrogens is 941 g/mol. The Hall–Kier alpha value is -7.28. The fourth-order valence-corrected chi connectivity index (χ4v) is 12.8. The van der Waals surface area contributed by atoms with E-state index in [0.29, 0.717) is 73.6 Å². The zero-order valence-electron chi connectivity index (χ0n) is 41.5. The lowest BCUT2D eigenvalue weighted by Gasteiger charge is -2.42. The van der Waals surface area contributed by atoms with Crippen LogP contribution in [0.5, 0.6) is 0 Å². The minimum absolute atomic E-state index is 0.0367. The molecular formula is C56H58N10O8. The van der Waals surface area contributed by atoms with Gasteiger partial charge in [0.15, 0.2) is 0 Å². The van der Waals surface area contributed by atoms with Crippen molar-refractivity contribution in [3.63, 3.8) is 0 Å². The summed E-state index contributed by atoms with van der Waals surface area (Å²) in [5, 5.41) is 21.4. The van der Waals surface area contributed by atoms with Crippen LogP contribution >= 0.6 is 0 Å². The molecule has 16 rings (SSSR count). The maximum absolute atomic E-state index is 12.5. The van der Waals surface area contributed by atoms with Gasteiger partial charge in [0.2, 0.25) is 23.0 Å². The number of likely N-dealkylation sites (tertiary alicyclic amines) is 4. The SMILES string of the molecule is CN1CC[C@@](O)(C#Cc2ccc3c(c2)-c2nc(C(N)=O)c(C4CN(C(=O)C5CC5)C4)n2C2CC3C2)C1=O.CN1CC[C@](O)(C#Cc2ccc3c(c2)-c2nc(C(N)=O)c(C4CN(C(=O)C5CC5)C4)n2C2CC3C2)C1=O. The largest absolute Gasteiger partial charge is 0.369 e. The maximum Gasteiger partial charge on any atom is 0.269 e. The number of benzene rings is 2. The number of aromatic nitrogens is 4. The van der Waals surface area contributed by atoms with E-state index >= 15 is 0 Å². The number of hydrogen-bond acceptors (Lipinski definition) is 10. The van der Waals surface area contributed by atoms with Crippen LogP contribution in [0.2, 0.25) is 0 Å². The summed E-state index contributed by atoms with van der Waals surface area (Å²) in [6, 6.07) is 12.3. The Labute approximate surface area is 427 Å². The maximum atomic E-state index is 12.5. The molecule has 8 fully saturated rings. The van der Waals surface area contributed by atoms with Gasteiger partial charge in [-0.2, -0.15) is 0 Å². The molecule has 0 unspecified atom stereocenters. The third-order valence-corrected chi connectivity index (χ3v) is 17.6. The first kappa shape index (κ1) is 46.5. The van der Waals surface area contributed by atoms with E-state index in [0.717, 1.165) is 85.5 Å². The van der Waals surface area contributed by atoms with E-state index in [2.05, 4.69) is 44.9 Å². The lowest BCUT2D eigenvalue weighted by Crippen LogP contribution is -2.50. The molecule has 10 heterocycles. The second-order valence-corrected chi connectivity index (χ2v) is 22.7. The number of nitrogens with two attached hydrogens (primary N) is 2. The molecule has 6 amide bonds. The van der Waals surface area contributed by atoms with Crippen LogP contribution in [0.4, 0.5) is 0 Å². The minimum atomic E-state index is -1.66. The molecule has 4 bridgehead atoms. The van der Waals surface area contributed by atoms with Gasteiger partial charge in [-0.3, -0.25) is 28.8 Å². The van der Waals surface area contributed by atoms with Crippen molar-refractivity contribution in [3.8, 4) is 46.5 Å². The highest BCUT2D eigenvalue weighted by molar-refractivity contribution is 5.95. The number of nitrogens with zero attached hydrogens (tertiary/aromatic N) is 8. The molecule has 0 spiro atoms. The standard InChI is InChI=1S/2C28H29N5O4/c2*1-31-9-8-28(37,27(31)36)7-6-15-2-5-20-17-11-19(12-17)33-23(18-13-32(14-18)26(35)16-3-4-16)22(24(29)34)30-25(33)21(20)10-15/h2*2,5,10,16-19,37H,3-4,8-9,11-14H2,1H3,(H2,29,34)/t2*17?,19?,28-/m10/s1. The predicted octanol–water partition coefficient (Wildman–Crippen LogP) is 2.72. The molecule has 4 saturated carbocycles. The lowest BCUT2D eigenvalue weighted by atomic mass is 9.75. The summed E-state index contributed by atoms with van der Waals surface area (Å²) in [7, 11) is 3.32. The third kappa shape index (κ3) is 7.38. The van der Waals surface area contributed by atoms with E-state index in [1.807, 2.05) is 34.1 Å². The van der Waals surface area contributed by atoms with Crippen molar-refractivity contribution >= 4 is 35.4 Å². The molecule has 4 saturated heterocycles. The van der Waals surface area contributed by atoms with E-state index < -0.39 is 23.0 Å². The molecule has 8 aliphatic heterocycles. The number of likely N-dealkylation sites (N-methyl/N-ethyl adjacent to an activating group) is 2. The van der Waals surface area contributed by atoms with Crippen LogP contribution < -0.4 is 11.5 Å². The number of hydrogen-bond donors (Lipinski definition) is 4. The quantitative estimate of drug-likeness (QED) is 0.206. The molecule has 0 radical (unpaired) electrons. The highest BCUT2D eigenvalue weighted by Crippen LogP contribution is 2.56. The number of carbonyl (C=O) groups excluding carboxylic acids is 6. The van der Waals surface area contributed by atoms with Gasteiger partial charge in [0.25, 0.3) is 23.6 Å². The number of carbonyl (C=O) groups is 6. The average molecular weight is 999 g/mol. The van der Waals surface area contributed by atoms with Crippen LogP contribution in [-0.2, 0) is 19.2 Å². The molecule has 4 aromatic rings. The second kappa shape index (κ2) is 16.6. The van der Waals surface area contributed by atoms with Gasteiger partial charge in [-0.1, -0.05) is 35.8 Å². The van der Waals surface area contributed by atoms with E-state index in [1.54, 1.807) is 14.1 Å². The van der Waals surface area contributed by atoms with Gasteiger partial charge < -0.3 is 50.4 Å². The van der Waals surface area contributed by atoms with Gasteiger partial charge in [0.1, 0.15) is 23.0 Å². The Balaban J connectivity index is 0.000000143. The summed E-state index contributed by atoms with van der Waals surface area (Å²) in [5.41, 5.74) is 16.1. The monoisotopic (exact) mass is 998 g/mol. The topological polar surface area (TPSA) is 244 Å². The summed E-state index contributed by atoms with van der Waals surface area (Å²) in [4.78, 5) is 91.1. The normalized spacial score (nSPS) is 27.9. The van der Waals surface area contributed by atoms with Crippen LogP contribution in [0.25, 0.3) is 22.8 Å². The van der Waals surface area contributed by atoms with E-state index in [4.69, 9.17) is 21.4 Å². The van der Waals surface area contributed by atoms with E-state index in [9.17, 15) is 39.0 Å². The highest BCUT2D eigenvalue weighted by Gasteiger charge is 2.49. The summed E-state index contributed by atoms with van der Waals surface area (Å²) in [6.07, 6.45) is 8.31. The van der Waals surface area contributed by atoms with Gasteiger partial charge in [-0.15, -0.1) is 0 Å². The Kier molecular flexibility index (Phi) is 10.4. The zero-order chi connectivity index (χ0) is 51.3. The van der Waals surface area contributed by atoms with Gasteiger partial charge in [-0.05, 0) is 98.6 Å². The Morgan fingerprint density at radius 3 is 1.30 bits per heavy atom. The first-order chi connectivity index (χ1) is 35.5. The molecule has 74 heavy (non-hydrogen) atoms. The molecule has 2 aromatic heterocycles. The van der Waals surface area contributed by atoms with Gasteiger partial charge in [0, 0.05) is 124 Å². The van der Waals surface area contributed by atoms with Gasteiger partial charge in [0.05, 0.1) is 11.4 Å². The fourth-order valence-electron chi connectivity index (χ4n) is 12.8. The zero-order valence-corrected chi connectivity index (χ0v) is 41.5. The lowest BCUT2D eigenvalue weighted by molar-refractivity contribution is -0.138. The molecule has 12 aliphatic rings. The molecule has 4 aliphatic carbocycles. The number of rotatable bonds is 6. The molecule has 18 heteroatoms. The van der Waals surface area contributed by atoms with Crippen LogP contribution in [0.3, 0.4) is 0 Å². The number of imidazole rings is 2. The smallest absolute Gasteiger partial charge is 0.269 e. The Bertz CT molecular complexity index is 3090. The minimum Gasteiger partial charge on any atom is -0.369 e. The molecule has 6 N–H and O–H groups in total. The van der Waals surface area contributed by atoms with Crippen molar-refractivity contribution in [2.45, 2.75) is 111 Å². The van der Waals surface area contributed by atoms with Crippen molar-refractivity contribution < 1.29 is 39.0 Å². The Morgan fingerprint density at radius 2 is 0.973 bits per heavy atom. The van der Waals surface area contributed by atoms with Crippen molar-refractivity contribution in [1.82, 2.24) is 38.7 Å². The summed E-state index contributed by atoms with van der Waals surface area (Å²) in [6.45, 7) is 3.32. The van der Waals surface area contributed by atoms with Crippen molar-refractivity contribution in [2.75, 3.05) is 53.4 Å². The van der Waals surface area contributed by atoms with E-state index in [1.165, 1.54) is 20.9 Å². The van der Waals surface area contributed by atoms with Crippen LogP contribution in [0.1, 0.15) is 155 Å². The van der Waals surface area contributed by atoms with Gasteiger partial charge in [-0.25, -0.2) is 9.97 Å². The number of primary amides is 2. The van der Waals surface area contributed by atoms with Crippen molar-refractivity contribution in [2.24, 2.45) is 23.3 Å². The second-order valence-electron chi connectivity index (χ2n) is 22.7. The third-order valence-electron chi connectivity index (χ3n) is 17.6. The Morgan fingerprint density at radius 1 is 0.595 bits per heavy atom. The number of aliphatic hydroxyl groups is 2. The molecule has 2 aromatic carbocycles. The predicted molar refractivity (Wildman–Crippen MR) is 267 cm³/mol. The molecule has 2 atom stereocenters. The average Bonchev–Trinajstić information content (AvgIpc) is 4.26. The summed E-state index contributed by atoms with van der Waals surface area (Å²) < 4.78 is 4.40. The number of amides is 6. The summed E-state index contributed by atoms with van der Waals surface area (Å²) >= 11 is 0. The summed E-state index contributed by atoms with van der Waals surface area (Å²) in [5.74, 6) is 12.9. The van der Waals surface area contributed by atoms with Crippen LogP contribution in [-0.4, -0.2) is 149 Å². The first-order valence-corrected chi connectivity index (χ1v) is 26.2. The van der Waals surface area contributed by atoms with Crippen molar-refractivity contribution in [3.05, 3.63) is 81.4 Å². The first-order valence-electron chi connectivity index (χ1n) is 26.2. The molecule has 18 nitrogen and oxygen atoms in total. The van der Waals surface area contributed by atoms with Crippen molar-refractivity contribution in [1.29, 1.82) is 0 Å². The van der Waals surface area contributed by atoms with Crippen LogP contribution in [0, 0.1) is 35.5 Å².